The number of alkyl halides is 3. The Bertz CT molecular complexity index is 757. The average Bonchev–Trinajstić information content (AvgIpc) is 3.07. The van der Waals surface area contributed by atoms with Crippen LogP contribution in [0.1, 0.15) is 22.5 Å². The number of carboxylic acids is 1. The van der Waals surface area contributed by atoms with Crippen LogP contribution in [0.25, 0.3) is 5.82 Å². The minimum absolute atomic E-state index is 0.0684. The molecule has 122 valence electrons. The summed E-state index contributed by atoms with van der Waals surface area (Å²) in [5.74, 6) is -2.10. The number of aromatic carboxylic acids is 1. The Hall–Kier alpha value is -2.58. The molecule has 0 spiro atoms. The van der Waals surface area contributed by atoms with Gasteiger partial charge >= 0.3 is 12.1 Å². The Morgan fingerprint density at radius 1 is 1.39 bits per heavy atom. The van der Waals surface area contributed by atoms with Crippen molar-refractivity contribution in [2.45, 2.75) is 25.6 Å². The maximum absolute atomic E-state index is 12.4. The average molecular weight is 327 g/mol. The van der Waals surface area contributed by atoms with Gasteiger partial charge in [-0.15, -0.1) is 5.10 Å². The molecule has 0 unspecified atom stereocenters. The second-order valence-corrected chi connectivity index (χ2v) is 5.25. The number of hydrogen-bond acceptors (Lipinski definition) is 4. The van der Waals surface area contributed by atoms with Gasteiger partial charge in [0.2, 0.25) is 5.88 Å². The predicted molar refractivity (Wildman–Crippen MR) is 71.6 cm³/mol. The number of aromatic nitrogens is 3. The van der Waals surface area contributed by atoms with Gasteiger partial charge in [-0.25, -0.2) is 14.5 Å². The molecule has 2 aromatic heterocycles. The molecule has 1 aliphatic rings. The quantitative estimate of drug-likeness (QED) is 0.934. The van der Waals surface area contributed by atoms with E-state index in [9.17, 15) is 18.0 Å². The van der Waals surface area contributed by atoms with Crippen molar-refractivity contribution in [3.63, 3.8) is 0 Å². The smallest absolute Gasteiger partial charge is 0.395 e. The summed E-state index contributed by atoms with van der Waals surface area (Å²) in [6.07, 6.45) is -3.73. The lowest BCUT2D eigenvalue weighted by molar-refractivity contribution is -0.153. The molecule has 2 aromatic rings. The van der Waals surface area contributed by atoms with Crippen LogP contribution < -0.4 is 4.74 Å². The molecule has 6 nitrogen and oxygen atoms in total. The van der Waals surface area contributed by atoms with Crippen LogP contribution in [0, 0.1) is 12.8 Å². The number of pyridine rings is 1. The first kappa shape index (κ1) is 15.3. The van der Waals surface area contributed by atoms with Gasteiger partial charge in [-0.3, -0.25) is 0 Å². The molecule has 1 aliphatic carbocycles. The summed E-state index contributed by atoms with van der Waals surface area (Å²) < 4.78 is 43.8. The highest BCUT2D eigenvalue weighted by molar-refractivity contribution is 5.88. The van der Waals surface area contributed by atoms with Gasteiger partial charge in [0.25, 0.3) is 0 Å². The van der Waals surface area contributed by atoms with Crippen LogP contribution in [0.2, 0.25) is 0 Å². The molecule has 0 amide bonds. The number of carbonyl (C=O) groups is 1. The van der Waals surface area contributed by atoms with Crippen molar-refractivity contribution in [3.8, 4) is 11.7 Å². The van der Waals surface area contributed by atoms with Crippen molar-refractivity contribution in [1.82, 2.24) is 14.8 Å². The maximum atomic E-state index is 12.4. The molecular weight excluding hydrogens is 315 g/mol. The monoisotopic (exact) mass is 327 g/mol. The zero-order valence-electron chi connectivity index (χ0n) is 11.9. The summed E-state index contributed by atoms with van der Waals surface area (Å²) in [5, 5.41) is 13.0. The molecular formula is C14H12F3N3O3. The minimum Gasteiger partial charge on any atom is -0.478 e. The molecule has 0 aromatic carbocycles. The van der Waals surface area contributed by atoms with Crippen molar-refractivity contribution < 1.29 is 27.8 Å². The summed E-state index contributed by atoms with van der Waals surface area (Å²) in [7, 11) is 0. The molecule has 2 heterocycles. The van der Waals surface area contributed by atoms with Crippen LogP contribution in [0.3, 0.4) is 0 Å². The van der Waals surface area contributed by atoms with E-state index in [0.29, 0.717) is 11.5 Å². The normalized spacial score (nSPS) is 20.3. The van der Waals surface area contributed by atoms with E-state index in [0.717, 1.165) is 0 Å². The zero-order chi connectivity index (χ0) is 16.8. The Balaban J connectivity index is 1.73. The maximum Gasteiger partial charge on any atom is 0.395 e. The van der Waals surface area contributed by atoms with Gasteiger partial charge in [0.1, 0.15) is 6.10 Å². The summed E-state index contributed by atoms with van der Waals surface area (Å²) in [5.41, 5.74) is 0.385. The van der Waals surface area contributed by atoms with E-state index in [1.807, 2.05) is 0 Å². The van der Waals surface area contributed by atoms with Gasteiger partial charge in [0.15, 0.2) is 5.82 Å². The minimum atomic E-state index is -4.25. The molecule has 3 rings (SSSR count). The van der Waals surface area contributed by atoms with E-state index in [1.54, 1.807) is 6.92 Å². The Morgan fingerprint density at radius 2 is 2.13 bits per heavy atom. The summed E-state index contributed by atoms with van der Waals surface area (Å²) in [6, 6.07) is 4.29. The van der Waals surface area contributed by atoms with Crippen molar-refractivity contribution >= 4 is 5.97 Å². The second kappa shape index (κ2) is 5.25. The van der Waals surface area contributed by atoms with Crippen molar-refractivity contribution in [2.24, 2.45) is 5.92 Å². The van der Waals surface area contributed by atoms with E-state index in [4.69, 9.17) is 9.84 Å². The predicted octanol–water partition coefficient (Wildman–Crippen LogP) is 2.60. The van der Waals surface area contributed by atoms with E-state index < -0.39 is 24.2 Å². The molecule has 0 aliphatic heterocycles. The molecule has 0 saturated heterocycles. The number of carboxylic acid groups (broad SMARTS) is 1. The number of halogens is 3. The van der Waals surface area contributed by atoms with E-state index in [1.165, 1.54) is 29.1 Å². The van der Waals surface area contributed by atoms with E-state index >= 15 is 0 Å². The van der Waals surface area contributed by atoms with Crippen molar-refractivity contribution in [3.05, 3.63) is 35.7 Å². The first-order valence-corrected chi connectivity index (χ1v) is 6.76. The first-order chi connectivity index (χ1) is 10.8. The fourth-order valence-electron chi connectivity index (χ4n) is 2.20. The lowest BCUT2D eigenvalue weighted by Gasteiger charge is -2.06. The van der Waals surface area contributed by atoms with Gasteiger partial charge in [-0.2, -0.15) is 13.2 Å². The second-order valence-electron chi connectivity index (χ2n) is 5.25. The lowest BCUT2D eigenvalue weighted by atomic mass is 10.2. The molecule has 0 radical (unpaired) electrons. The topological polar surface area (TPSA) is 77.2 Å². The van der Waals surface area contributed by atoms with Crippen LogP contribution in [0.15, 0.2) is 24.4 Å². The third-order valence-corrected chi connectivity index (χ3v) is 3.53. The lowest BCUT2D eigenvalue weighted by Crippen LogP contribution is -2.16. The van der Waals surface area contributed by atoms with Crippen LogP contribution >= 0.6 is 0 Å². The summed E-state index contributed by atoms with van der Waals surface area (Å²) in [6.45, 7) is 1.55. The van der Waals surface area contributed by atoms with Crippen LogP contribution in [-0.2, 0) is 0 Å². The number of ether oxygens (including phenoxy) is 1. The summed E-state index contributed by atoms with van der Waals surface area (Å²) >= 11 is 0. The highest BCUT2D eigenvalue weighted by Crippen LogP contribution is 2.46. The Labute approximate surface area is 128 Å². The molecule has 23 heavy (non-hydrogen) atoms. The number of rotatable bonds is 4. The van der Waals surface area contributed by atoms with Crippen LogP contribution in [0.5, 0.6) is 5.88 Å². The summed E-state index contributed by atoms with van der Waals surface area (Å²) in [4.78, 5) is 15.1. The fraction of sp³-hybridized carbons (Fsp3) is 0.357. The third kappa shape index (κ3) is 3.13. The number of nitrogens with zero attached hydrogens (tertiary/aromatic N) is 3. The first-order valence-electron chi connectivity index (χ1n) is 6.76. The molecule has 9 heteroatoms. The fourth-order valence-corrected chi connectivity index (χ4v) is 2.20. The zero-order valence-corrected chi connectivity index (χ0v) is 11.9. The highest BCUT2D eigenvalue weighted by atomic mass is 19.4. The SMILES string of the molecule is Cc1nc(-n2ccc(O[C@@H]3C[C@@H]3C(F)(F)F)n2)ccc1C(=O)O. The van der Waals surface area contributed by atoms with Gasteiger partial charge in [-0.05, 0) is 25.5 Å². The van der Waals surface area contributed by atoms with E-state index in [-0.39, 0.29) is 17.9 Å². The molecule has 2 atom stereocenters. The van der Waals surface area contributed by atoms with Crippen molar-refractivity contribution in [2.75, 3.05) is 0 Å². The molecule has 0 bridgehead atoms. The molecule has 1 N–H and O–H groups in total. The highest BCUT2D eigenvalue weighted by Gasteiger charge is 2.57. The Morgan fingerprint density at radius 3 is 2.70 bits per heavy atom. The number of aryl methyl sites for hydroxylation is 1. The van der Waals surface area contributed by atoms with Gasteiger partial charge in [-0.1, -0.05) is 0 Å². The third-order valence-electron chi connectivity index (χ3n) is 3.53. The van der Waals surface area contributed by atoms with Crippen LogP contribution in [-0.4, -0.2) is 38.1 Å². The molecule has 1 fully saturated rings. The number of hydrogen-bond donors (Lipinski definition) is 1. The van der Waals surface area contributed by atoms with Crippen LogP contribution in [0.4, 0.5) is 13.2 Å². The van der Waals surface area contributed by atoms with Gasteiger partial charge in [0.05, 0.1) is 17.2 Å². The van der Waals surface area contributed by atoms with Gasteiger partial charge < -0.3 is 9.84 Å². The molecule has 1 saturated carbocycles. The Kier molecular flexibility index (Phi) is 3.50. The largest absolute Gasteiger partial charge is 0.478 e. The standard InChI is InChI=1S/C14H12F3N3O3/c1-7-8(13(21)22)2-3-11(18-7)20-5-4-12(19-20)23-10-6-9(10)14(15,16)17/h2-5,9-10H,6H2,1H3,(H,21,22)/t9-,10+/m0/s1. The van der Waals surface area contributed by atoms with Crippen molar-refractivity contribution in [1.29, 1.82) is 0 Å². The van der Waals surface area contributed by atoms with E-state index in [2.05, 4.69) is 10.1 Å². The van der Waals surface area contributed by atoms with Gasteiger partial charge in [0, 0.05) is 12.3 Å².